The molecular weight excluding hydrogens is 296 g/mol. The van der Waals surface area contributed by atoms with Crippen molar-refractivity contribution in [2.75, 3.05) is 13.1 Å². The molecule has 3 heteroatoms. The molecule has 1 aliphatic heterocycles. The molecule has 2 aromatic carbocycles. The highest BCUT2D eigenvalue weighted by atomic mass is 16.5. The highest BCUT2D eigenvalue weighted by molar-refractivity contribution is 5.81. The standard InChI is InChI=1S/C21H24N2O/c1-17(22-12-5-6-13-22)24-20-9-10-21-19(15-20)11-14-23(21)16-18-7-3-2-4-8-18/h2-4,7-11,14-15,17H,5-6,12-13,16H2,1H3. The summed E-state index contributed by atoms with van der Waals surface area (Å²) in [7, 11) is 0. The van der Waals surface area contributed by atoms with E-state index in [1.54, 1.807) is 0 Å². The van der Waals surface area contributed by atoms with Crippen molar-refractivity contribution in [2.24, 2.45) is 0 Å². The fourth-order valence-corrected chi connectivity index (χ4v) is 3.55. The fourth-order valence-electron chi connectivity index (χ4n) is 3.55. The lowest BCUT2D eigenvalue weighted by atomic mass is 10.2. The van der Waals surface area contributed by atoms with Crippen molar-refractivity contribution in [1.82, 2.24) is 9.47 Å². The zero-order valence-corrected chi connectivity index (χ0v) is 14.2. The molecule has 0 bridgehead atoms. The molecule has 1 aliphatic rings. The van der Waals surface area contributed by atoms with Gasteiger partial charge in [0.25, 0.3) is 0 Å². The molecule has 1 atom stereocenters. The van der Waals surface area contributed by atoms with Crippen LogP contribution in [0.4, 0.5) is 0 Å². The van der Waals surface area contributed by atoms with Crippen molar-refractivity contribution in [1.29, 1.82) is 0 Å². The summed E-state index contributed by atoms with van der Waals surface area (Å²) in [6.45, 7) is 5.35. The molecule has 1 fully saturated rings. The van der Waals surface area contributed by atoms with Crippen LogP contribution in [-0.2, 0) is 6.54 Å². The van der Waals surface area contributed by atoms with E-state index in [-0.39, 0.29) is 6.23 Å². The zero-order chi connectivity index (χ0) is 16.4. The van der Waals surface area contributed by atoms with Gasteiger partial charge >= 0.3 is 0 Å². The summed E-state index contributed by atoms with van der Waals surface area (Å²) in [6.07, 6.45) is 4.88. The van der Waals surface area contributed by atoms with Gasteiger partial charge in [-0.3, -0.25) is 4.90 Å². The number of benzene rings is 2. The summed E-state index contributed by atoms with van der Waals surface area (Å²) in [5, 5.41) is 1.23. The van der Waals surface area contributed by atoms with Crippen LogP contribution in [0, 0.1) is 0 Å². The number of hydrogen-bond donors (Lipinski definition) is 0. The lowest BCUT2D eigenvalue weighted by Gasteiger charge is -2.24. The van der Waals surface area contributed by atoms with E-state index in [2.05, 4.69) is 77.2 Å². The van der Waals surface area contributed by atoms with Gasteiger partial charge < -0.3 is 9.30 Å². The minimum Gasteiger partial charge on any atom is -0.475 e. The molecule has 0 saturated carbocycles. The van der Waals surface area contributed by atoms with Crippen LogP contribution >= 0.6 is 0 Å². The molecule has 1 saturated heterocycles. The van der Waals surface area contributed by atoms with E-state index in [4.69, 9.17) is 4.74 Å². The maximum atomic E-state index is 6.15. The Morgan fingerprint density at radius 3 is 2.58 bits per heavy atom. The largest absolute Gasteiger partial charge is 0.475 e. The van der Waals surface area contributed by atoms with Gasteiger partial charge in [-0.25, -0.2) is 0 Å². The molecular formula is C21H24N2O. The van der Waals surface area contributed by atoms with E-state index in [1.807, 2.05) is 0 Å². The van der Waals surface area contributed by atoms with Crippen LogP contribution in [0.5, 0.6) is 5.75 Å². The Kier molecular flexibility index (Phi) is 4.26. The number of ether oxygens (including phenoxy) is 1. The molecule has 0 N–H and O–H groups in total. The highest BCUT2D eigenvalue weighted by Crippen LogP contribution is 2.24. The Labute approximate surface area is 143 Å². The van der Waals surface area contributed by atoms with Crippen molar-refractivity contribution >= 4 is 10.9 Å². The van der Waals surface area contributed by atoms with Crippen LogP contribution in [0.15, 0.2) is 60.8 Å². The van der Waals surface area contributed by atoms with Crippen molar-refractivity contribution in [2.45, 2.75) is 32.5 Å². The van der Waals surface area contributed by atoms with Gasteiger partial charge in [-0.05, 0) is 49.6 Å². The molecule has 3 aromatic rings. The van der Waals surface area contributed by atoms with Crippen LogP contribution in [-0.4, -0.2) is 28.8 Å². The number of rotatable bonds is 5. The predicted octanol–water partition coefficient (Wildman–Crippen LogP) is 4.51. The smallest absolute Gasteiger partial charge is 0.149 e. The summed E-state index contributed by atoms with van der Waals surface area (Å²) in [5.74, 6) is 0.958. The number of nitrogens with zero attached hydrogens (tertiary/aromatic N) is 2. The highest BCUT2D eigenvalue weighted by Gasteiger charge is 2.19. The van der Waals surface area contributed by atoms with Crippen LogP contribution < -0.4 is 4.74 Å². The van der Waals surface area contributed by atoms with Crippen LogP contribution in [0.2, 0.25) is 0 Å². The molecule has 4 rings (SSSR count). The molecule has 3 nitrogen and oxygen atoms in total. The number of hydrogen-bond acceptors (Lipinski definition) is 2. The minimum atomic E-state index is 0.149. The topological polar surface area (TPSA) is 17.4 Å². The van der Waals surface area contributed by atoms with Crippen molar-refractivity contribution < 1.29 is 4.74 Å². The Balaban J connectivity index is 1.52. The zero-order valence-electron chi connectivity index (χ0n) is 14.2. The summed E-state index contributed by atoms with van der Waals surface area (Å²) in [6, 6.07) is 19.2. The third kappa shape index (κ3) is 3.17. The third-order valence-corrected chi connectivity index (χ3v) is 4.90. The monoisotopic (exact) mass is 320 g/mol. The van der Waals surface area contributed by atoms with Crippen molar-refractivity contribution in [3.63, 3.8) is 0 Å². The molecule has 0 spiro atoms. The molecule has 0 aliphatic carbocycles. The number of fused-ring (bicyclic) bond motifs is 1. The summed E-state index contributed by atoms with van der Waals surface area (Å²) in [4.78, 5) is 2.41. The van der Waals surface area contributed by atoms with E-state index in [0.29, 0.717) is 0 Å². The van der Waals surface area contributed by atoms with Gasteiger partial charge in [0.2, 0.25) is 0 Å². The second-order valence-electron chi connectivity index (χ2n) is 6.61. The first-order valence-corrected chi connectivity index (χ1v) is 8.83. The second kappa shape index (κ2) is 6.70. The SMILES string of the molecule is CC(Oc1ccc2c(ccn2Cc2ccccc2)c1)N1CCCC1. The van der Waals surface area contributed by atoms with Crippen molar-refractivity contribution in [3.05, 3.63) is 66.4 Å². The van der Waals surface area contributed by atoms with Gasteiger partial charge in [0, 0.05) is 36.7 Å². The third-order valence-electron chi connectivity index (χ3n) is 4.90. The first kappa shape index (κ1) is 15.3. The average Bonchev–Trinajstić information content (AvgIpc) is 3.26. The Bertz CT molecular complexity index is 803. The van der Waals surface area contributed by atoms with E-state index >= 15 is 0 Å². The maximum absolute atomic E-state index is 6.15. The van der Waals surface area contributed by atoms with E-state index < -0.39 is 0 Å². The van der Waals surface area contributed by atoms with E-state index in [1.165, 1.54) is 29.3 Å². The minimum absolute atomic E-state index is 0.149. The first-order chi connectivity index (χ1) is 11.8. The first-order valence-electron chi connectivity index (χ1n) is 8.83. The predicted molar refractivity (Wildman–Crippen MR) is 98.4 cm³/mol. The number of aromatic nitrogens is 1. The maximum Gasteiger partial charge on any atom is 0.149 e. The van der Waals surface area contributed by atoms with Gasteiger partial charge in [-0.15, -0.1) is 0 Å². The Morgan fingerprint density at radius 1 is 1.00 bits per heavy atom. The normalized spacial score (nSPS) is 16.5. The number of likely N-dealkylation sites (tertiary alicyclic amines) is 1. The summed E-state index contributed by atoms with van der Waals surface area (Å²) in [5.41, 5.74) is 2.57. The quantitative estimate of drug-likeness (QED) is 0.688. The molecule has 1 aromatic heterocycles. The molecule has 1 unspecified atom stereocenters. The van der Waals surface area contributed by atoms with Crippen LogP contribution in [0.1, 0.15) is 25.3 Å². The lowest BCUT2D eigenvalue weighted by molar-refractivity contribution is 0.0593. The van der Waals surface area contributed by atoms with Gasteiger partial charge in [0.05, 0.1) is 0 Å². The second-order valence-corrected chi connectivity index (χ2v) is 6.61. The molecule has 24 heavy (non-hydrogen) atoms. The van der Waals surface area contributed by atoms with Gasteiger partial charge in [0.1, 0.15) is 12.0 Å². The van der Waals surface area contributed by atoms with Crippen LogP contribution in [0.3, 0.4) is 0 Å². The Hall–Kier alpha value is -2.26. The molecule has 2 heterocycles. The summed E-state index contributed by atoms with van der Waals surface area (Å²) < 4.78 is 8.44. The molecule has 0 amide bonds. The van der Waals surface area contributed by atoms with Crippen LogP contribution in [0.25, 0.3) is 10.9 Å². The van der Waals surface area contributed by atoms with E-state index in [0.717, 1.165) is 25.4 Å². The van der Waals surface area contributed by atoms with Crippen molar-refractivity contribution in [3.8, 4) is 5.75 Å². The molecule has 124 valence electrons. The summed E-state index contributed by atoms with van der Waals surface area (Å²) >= 11 is 0. The fraction of sp³-hybridized carbons (Fsp3) is 0.333. The Morgan fingerprint density at radius 2 is 1.79 bits per heavy atom. The van der Waals surface area contributed by atoms with E-state index in [9.17, 15) is 0 Å². The van der Waals surface area contributed by atoms with Gasteiger partial charge in [0.15, 0.2) is 0 Å². The van der Waals surface area contributed by atoms with Gasteiger partial charge in [-0.1, -0.05) is 30.3 Å². The van der Waals surface area contributed by atoms with Gasteiger partial charge in [-0.2, -0.15) is 0 Å². The molecule has 0 radical (unpaired) electrons. The lowest BCUT2D eigenvalue weighted by Crippen LogP contribution is -2.34. The average molecular weight is 320 g/mol.